The van der Waals surface area contributed by atoms with E-state index in [0.29, 0.717) is 11.8 Å². The molecule has 1 aromatic rings. The molecule has 3 nitrogen and oxygen atoms in total. The smallest absolute Gasteiger partial charge is 0.153 e. The van der Waals surface area contributed by atoms with Crippen LogP contribution in [0, 0.1) is 18.3 Å². The average Bonchev–Trinajstić information content (AvgIpc) is 2.20. The van der Waals surface area contributed by atoms with Gasteiger partial charge >= 0.3 is 0 Å². The highest BCUT2D eigenvalue weighted by Gasteiger charge is 2.25. The van der Waals surface area contributed by atoms with Gasteiger partial charge in [0, 0.05) is 5.56 Å². The first-order valence-electron chi connectivity index (χ1n) is 4.63. The van der Waals surface area contributed by atoms with E-state index in [4.69, 9.17) is 5.26 Å². The Morgan fingerprint density at radius 1 is 1.47 bits per heavy atom. The third-order valence-corrected chi connectivity index (χ3v) is 2.36. The number of aromatic hydroxyl groups is 1. The number of phenols is 1. The van der Waals surface area contributed by atoms with Crippen LogP contribution >= 0.6 is 0 Å². The lowest BCUT2D eigenvalue weighted by Gasteiger charge is -2.18. The summed E-state index contributed by atoms with van der Waals surface area (Å²) in [6.07, 6.45) is 0.597. The summed E-state index contributed by atoms with van der Waals surface area (Å²) in [5, 5.41) is 18.8. The van der Waals surface area contributed by atoms with Gasteiger partial charge in [0.15, 0.2) is 6.29 Å². The summed E-state index contributed by atoms with van der Waals surface area (Å²) < 4.78 is 0. The molecule has 15 heavy (non-hydrogen) atoms. The molecule has 0 amide bonds. The highest BCUT2D eigenvalue weighted by molar-refractivity contribution is 5.81. The van der Waals surface area contributed by atoms with Crippen molar-refractivity contribution < 1.29 is 9.90 Å². The van der Waals surface area contributed by atoms with Crippen LogP contribution in [0.15, 0.2) is 12.1 Å². The fraction of sp³-hybridized carbons (Fsp3) is 0.333. The van der Waals surface area contributed by atoms with E-state index in [9.17, 15) is 9.90 Å². The number of nitriles is 1. The third kappa shape index (κ3) is 1.99. The standard InChI is InChI=1S/C12H13NO2/c1-8-4-9(6-14)11(15)10(5-8)12(2,3)7-13/h4-6,15H,1-3H3. The molecule has 0 saturated carbocycles. The Morgan fingerprint density at radius 3 is 2.53 bits per heavy atom. The van der Waals surface area contributed by atoms with Crippen molar-refractivity contribution in [3.63, 3.8) is 0 Å². The van der Waals surface area contributed by atoms with Crippen LogP contribution in [0.1, 0.15) is 35.3 Å². The van der Waals surface area contributed by atoms with Gasteiger partial charge in [-0.05, 0) is 32.4 Å². The number of aryl methyl sites for hydroxylation is 1. The van der Waals surface area contributed by atoms with E-state index in [-0.39, 0.29) is 11.3 Å². The summed E-state index contributed by atoms with van der Waals surface area (Å²) in [7, 11) is 0. The molecule has 0 fully saturated rings. The Bertz CT molecular complexity index is 442. The molecule has 0 radical (unpaired) electrons. The molecule has 78 valence electrons. The van der Waals surface area contributed by atoms with E-state index in [1.54, 1.807) is 26.0 Å². The average molecular weight is 203 g/mol. The summed E-state index contributed by atoms with van der Waals surface area (Å²) in [4.78, 5) is 10.7. The lowest BCUT2D eigenvalue weighted by atomic mass is 9.84. The maximum absolute atomic E-state index is 10.7. The Balaban J connectivity index is 3.50. The molecule has 0 spiro atoms. The number of carbonyl (C=O) groups excluding carboxylic acids is 1. The lowest BCUT2D eigenvalue weighted by molar-refractivity contribution is 0.112. The second-order valence-electron chi connectivity index (χ2n) is 4.10. The van der Waals surface area contributed by atoms with Crippen LogP contribution < -0.4 is 0 Å². The molecule has 0 aliphatic carbocycles. The maximum atomic E-state index is 10.7. The van der Waals surface area contributed by atoms with Crippen molar-refractivity contribution in [3.8, 4) is 11.8 Å². The van der Waals surface area contributed by atoms with Gasteiger partial charge in [0.1, 0.15) is 5.75 Å². The molecule has 3 heteroatoms. The molecule has 0 heterocycles. The molecule has 1 rings (SSSR count). The number of aldehydes is 1. The molecule has 0 atom stereocenters. The summed E-state index contributed by atoms with van der Waals surface area (Å²) in [5.74, 6) is -0.0952. The van der Waals surface area contributed by atoms with Crippen LogP contribution in [0.4, 0.5) is 0 Å². The molecule has 0 bridgehead atoms. The van der Waals surface area contributed by atoms with E-state index in [1.165, 1.54) is 0 Å². The zero-order chi connectivity index (χ0) is 11.6. The van der Waals surface area contributed by atoms with Crippen LogP contribution in [0.25, 0.3) is 0 Å². The molecule has 0 aliphatic heterocycles. The quantitative estimate of drug-likeness (QED) is 0.750. The zero-order valence-corrected chi connectivity index (χ0v) is 9.03. The summed E-state index contributed by atoms with van der Waals surface area (Å²) in [6, 6.07) is 5.43. The van der Waals surface area contributed by atoms with Crippen molar-refractivity contribution in [1.82, 2.24) is 0 Å². The largest absolute Gasteiger partial charge is 0.507 e. The fourth-order valence-corrected chi connectivity index (χ4v) is 1.43. The van der Waals surface area contributed by atoms with E-state index < -0.39 is 5.41 Å². The van der Waals surface area contributed by atoms with Gasteiger partial charge in [-0.3, -0.25) is 4.79 Å². The van der Waals surface area contributed by atoms with Crippen molar-refractivity contribution in [1.29, 1.82) is 5.26 Å². The number of rotatable bonds is 2. The molecule has 0 saturated heterocycles. The van der Waals surface area contributed by atoms with Crippen LogP contribution in [0.3, 0.4) is 0 Å². The zero-order valence-electron chi connectivity index (χ0n) is 9.03. The van der Waals surface area contributed by atoms with E-state index in [1.807, 2.05) is 6.92 Å². The van der Waals surface area contributed by atoms with Crippen LogP contribution in [0.2, 0.25) is 0 Å². The number of phenolic OH excluding ortho intramolecular Hbond substituents is 1. The highest BCUT2D eigenvalue weighted by Crippen LogP contribution is 2.33. The predicted octanol–water partition coefficient (Wildman–Crippen LogP) is 2.31. The molecular formula is C12H13NO2. The van der Waals surface area contributed by atoms with Crippen LogP contribution in [-0.2, 0) is 5.41 Å². The van der Waals surface area contributed by atoms with Gasteiger partial charge in [0.05, 0.1) is 17.0 Å². The van der Waals surface area contributed by atoms with E-state index in [2.05, 4.69) is 6.07 Å². The summed E-state index contributed by atoms with van der Waals surface area (Å²) >= 11 is 0. The topological polar surface area (TPSA) is 61.1 Å². The number of benzene rings is 1. The molecule has 0 aromatic heterocycles. The van der Waals surface area contributed by atoms with E-state index in [0.717, 1.165) is 5.56 Å². The van der Waals surface area contributed by atoms with Gasteiger partial charge in [0.25, 0.3) is 0 Å². The minimum atomic E-state index is -0.798. The van der Waals surface area contributed by atoms with Gasteiger partial charge in [-0.2, -0.15) is 5.26 Å². The predicted molar refractivity (Wildman–Crippen MR) is 56.9 cm³/mol. The Labute approximate surface area is 89.0 Å². The Hall–Kier alpha value is -1.82. The molecule has 1 aromatic carbocycles. The first-order valence-corrected chi connectivity index (χ1v) is 4.63. The number of hydrogen-bond acceptors (Lipinski definition) is 3. The molecular weight excluding hydrogens is 190 g/mol. The Kier molecular flexibility index (Phi) is 2.81. The number of nitrogens with zero attached hydrogens (tertiary/aromatic N) is 1. The summed E-state index contributed by atoms with van der Waals surface area (Å²) in [6.45, 7) is 5.23. The Morgan fingerprint density at radius 2 is 2.07 bits per heavy atom. The van der Waals surface area contributed by atoms with Crippen molar-refractivity contribution in [3.05, 3.63) is 28.8 Å². The first-order chi connectivity index (χ1) is 6.92. The number of carbonyl (C=O) groups is 1. The fourth-order valence-electron chi connectivity index (χ4n) is 1.43. The monoisotopic (exact) mass is 203 g/mol. The van der Waals surface area contributed by atoms with Gasteiger partial charge in [-0.1, -0.05) is 6.07 Å². The third-order valence-electron chi connectivity index (χ3n) is 2.36. The van der Waals surface area contributed by atoms with Gasteiger partial charge in [0.2, 0.25) is 0 Å². The highest BCUT2D eigenvalue weighted by atomic mass is 16.3. The van der Waals surface area contributed by atoms with Crippen molar-refractivity contribution in [2.75, 3.05) is 0 Å². The lowest BCUT2D eigenvalue weighted by Crippen LogP contribution is -2.15. The van der Waals surface area contributed by atoms with Gasteiger partial charge < -0.3 is 5.11 Å². The molecule has 0 unspecified atom stereocenters. The first kappa shape index (κ1) is 11.3. The number of hydrogen-bond donors (Lipinski definition) is 1. The molecule has 1 N–H and O–H groups in total. The summed E-state index contributed by atoms with van der Waals surface area (Å²) in [5.41, 5.74) is 0.780. The minimum Gasteiger partial charge on any atom is -0.507 e. The second kappa shape index (κ2) is 3.74. The van der Waals surface area contributed by atoms with E-state index >= 15 is 0 Å². The van der Waals surface area contributed by atoms with Gasteiger partial charge in [-0.25, -0.2) is 0 Å². The SMILES string of the molecule is Cc1cc(C=O)c(O)c(C(C)(C)C#N)c1. The van der Waals surface area contributed by atoms with Crippen LogP contribution in [0.5, 0.6) is 5.75 Å². The van der Waals surface area contributed by atoms with Gasteiger partial charge in [-0.15, -0.1) is 0 Å². The van der Waals surface area contributed by atoms with Crippen molar-refractivity contribution >= 4 is 6.29 Å². The second-order valence-corrected chi connectivity index (χ2v) is 4.10. The molecule has 0 aliphatic rings. The minimum absolute atomic E-state index is 0.0952. The maximum Gasteiger partial charge on any atom is 0.153 e. The van der Waals surface area contributed by atoms with Crippen molar-refractivity contribution in [2.45, 2.75) is 26.2 Å². The van der Waals surface area contributed by atoms with Crippen LogP contribution in [-0.4, -0.2) is 11.4 Å². The normalized spacial score (nSPS) is 10.8. The van der Waals surface area contributed by atoms with Crippen molar-refractivity contribution in [2.24, 2.45) is 0 Å².